The summed E-state index contributed by atoms with van der Waals surface area (Å²) in [5.41, 5.74) is 3.23. The van der Waals surface area contributed by atoms with E-state index >= 15 is 0 Å². The Morgan fingerprint density at radius 3 is 2.58 bits per heavy atom. The molecule has 1 amide bonds. The number of sulfonamides is 1. The number of anilines is 1. The Labute approximate surface area is 185 Å². The van der Waals surface area contributed by atoms with Crippen LogP contribution in [-0.2, 0) is 14.8 Å². The molecule has 0 aromatic heterocycles. The van der Waals surface area contributed by atoms with Crippen molar-refractivity contribution in [1.29, 1.82) is 0 Å². The molecular weight excluding hydrogens is 412 g/mol. The summed E-state index contributed by atoms with van der Waals surface area (Å²) in [5, 5.41) is 3.12. The molecule has 0 bridgehead atoms. The summed E-state index contributed by atoms with van der Waals surface area (Å²) in [6, 6.07) is 13.2. The van der Waals surface area contributed by atoms with E-state index in [1.807, 2.05) is 70.2 Å². The number of ether oxygens (including phenoxy) is 1. The maximum Gasteiger partial charge on any atom is 0.232 e. The lowest BCUT2D eigenvalue weighted by atomic mass is 9.89. The third-order valence-electron chi connectivity index (χ3n) is 5.72. The molecular formula is C24H32N2O4S. The lowest BCUT2D eigenvalue weighted by molar-refractivity contribution is -0.122. The van der Waals surface area contributed by atoms with Crippen molar-refractivity contribution < 1.29 is 17.9 Å². The summed E-state index contributed by atoms with van der Waals surface area (Å²) >= 11 is 0. The second-order valence-corrected chi connectivity index (χ2v) is 10.8. The van der Waals surface area contributed by atoms with Gasteiger partial charge in [-0.1, -0.05) is 30.3 Å². The second kappa shape index (κ2) is 8.91. The molecule has 2 aromatic rings. The second-order valence-electron chi connectivity index (χ2n) is 8.88. The monoisotopic (exact) mass is 444 g/mol. The Kier molecular flexibility index (Phi) is 6.65. The molecule has 31 heavy (non-hydrogen) atoms. The first-order valence-electron chi connectivity index (χ1n) is 10.6. The van der Waals surface area contributed by atoms with Crippen molar-refractivity contribution in [2.75, 3.05) is 17.1 Å². The van der Waals surface area contributed by atoms with Crippen LogP contribution in [0.3, 0.4) is 0 Å². The zero-order valence-corrected chi connectivity index (χ0v) is 19.8. The fraction of sp³-hybridized carbons (Fsp3) is 0.458. The minimum absolute atomic E-state index is 0.0908. The predicted molar refractivity (Wildman–Crippen MR) is 124 cm³/mol. The van der Waals surface area contributed by atoms with Crippen molar-refractivity contribution in [2.45, 2.75) is 58.6 Å². The van der Waals surface area contributed by atoms with Gasteiger partial charge in [0, 0.05) is 24.9 Å². The lowest BCUT2D eigenvalue weighted by Crippen LogP contribution is -2.41. The van der Waals surface area contributed by atoms with Gasteiger partial charge in [-0.2, -0.15) is 0 Å². The number of carbonyl (C=O) groups excluding carboxylic acids is 1. The topological polar surface area (TPSA) is 75.7 Å². The molecule has 1 heterocycles. The first-order chi connectivity index (χ1) is 14.5. The van der Waals surface area contributed by atoms with Gasteiger partial charge < -0.3 is 10.1 Å². The van der Waals surface area contributed by atoms with Crippen LogP contribution in [0.1, 0.15) is 55.8 Å². The highest BCUT2D eigenvalue weighted by molar-refractivity contribution is 7.92. The number of nitrogens with one attached hydrogen (secondary N) is 1. The maximum absolute atomic E-state index is 12.7. The lowest BCUT2D eigenvalue weighted by Gasteiger charge is -2.37. The minimum atomic E-state index is -3.45. The molecule has 1 aliphatic rings. The third kappa shape index (κ3) is 5.58. The van der Waals surface area contributed by atoms with Gasteiger partial charge in [0.1, 0.15) is 11.4 Å². The Hall–Kier alpha value is -2.54. The van der Waals surface area contributed by atoms with Gasteiger partial charge in [0.2, 0.25) is 15.9 Å². The summed E-state index contributed by atoms with van der Waals surface area (Å²) in [6.07, 6.45) is 2.56. The van der Waals surface area contributed by atoms with Gasteiger partial charge in [0.05, 0.1) is 18.0 Å². The third-order valence-corrected chi connectivity index (χ3v) is 6.90. The fourth-order valence-corrected chi connectivity index (χ4v) is 5.07. The Balaban J connectivity index is 1.66. The first-order valence-corrected chi connectivity index (χ1v) is 12.4. The number of nitrogens with zero attached hydrogens (tertiary/aromatic N) is 1. The predicted octanol–water partition coefficient (Wildman–Crippen LogP) is 4.27. The van der Waals surface area contributed by atoms with Crippen molar-refractivity contribution in [3.63, 3.8) is 0 Å². The zero-order chi connectivity index (χ0) is 22.8. The zero-order valence-electron chi connectivity index (χ0n) is 18.9. The van der Waals surface area contributed by atoms with Gasteiger partial charge in [-0.25, -0.2) is 8.42 Å². The molecule has 3 rings (SSSR count). The molecule has 1 atom stereocenters. The van der Waals surface area contributed by atoms with Crippen molar-refractivity contribution in [3.05, 3.63) is 59.2 Å². The van der Waals surface area contributed by atoms with Crippen LogP contribution in [0.25, 0.3) is 0 Å². The highest BCUT2D eigenvalue weighted by atomic mass is 32.2. The van der Waals surface area contributed by atoms with Crippen molar-refractivity contribution >= 4 is 21.6 Å². The summed E-state index contributed by atoms with van der Waals surface area (Å²) in [6.45, 7) is 8.15. The number of amides is 1. The van der Waals surface area contributed by atoms with Crippen LogP contribution in [-0.4, -0.2) is 32.7 Å². The van der Waals surface area contributed by atoms with E-state index in [0.717, 1.165) is 22.4 Å². The van der Waals surface area contributed by atoms with Crippen LogP contribution in [0, 0.1) is 13.8 Å². The summed E-state index contributed by atoms with van der Waals surface area (Å²) < 4.78 is 32.2. The number of hydrogen-bond acceptors (Lipinski definition) is 4. The highest BCUT2D eigenvalue weighted by Crippen LogP contribution is 2.39. The van der Waals surface area contributed by atoms with E-state index in [4.69, 9.17) is 4.74 Å². The summed E-state index contributed by atoms with van der Waals surface area (Å²) in [4.78, 5) is 12.7. The average Bonchev–Trinajstić information content (AvgIpc) is 2.66. The molecule has 168 valence electrons. The van der Waals surface area contributed by atoms with Crippen molar-refractivity contribution in [2.24, 2.45) is 0 Å². The molecule has 0 radical (unpaired) electrons. The van der Waals surface area contributed by atoms with E-state index < -0.39 is 10.0 Å². The number of hydrogen-bond donors (Lipinski definition) is 1. The molecule has 6 nitrogen and oxygen atoms in total. The van der Waals surface area contributed by atoms with E-state index in [9.17, 15) is 13.2 Å². The maximum atomic E-state index is 12.7. The number of benzene rings is 2. The molecule has 0 saturated heterocycles. The quantitative estimate of drug-likeness (QED) is 0.692. The van der Waals surface area contributed by atoms with E-state index in [-0.39, 0.29) is 30.5 Å². The van der Waals surface area contributed by atoms with Gasteiger partial charge in [-0.05, 0) is 57.4 Å². The average molecular weight is 445 g/mol. The highest BCUT2D eigenvalue weighted by Gasteiger charge is 2.34. The standard InChI is InChI=1S/C24H32N2O4S/c1-17-10-8-12-21(18(17)2)26(31(5,28)29)15-9-14-23(27)25-20-16-24(3,4)30-22-13-7-6-11-19(20)22/h6-8,10-13,20H,9,14-16H2,1-5H3,(H,25,27). The number of aryl methyl sites for hydroxylation is 1. The van der Waals surface area contributed by atoms with Crippen LogP contribution in [0.15, 0.2) is 42.5 Å². The van der Waals surface area contributed by atoms with E-state index in [0.29, 0.717) is 18.5 Å². The van der Waals surface area contributed by atoms with E-state index in [1.54, 1.807) is 0 Å². The normalized spacial score (nSPS) is 17.4. The SMILES string of the molecule is Cc1cccc(N(CCCC(=O)NC2CC(C)(C)Oc3ccccc32)S(C)(=O)=O)c1C. The summed E-state index contributed by atoms with van der Waals surface area (Å²) in [5.74, 6) is 0.703. The van der Waals surface area contributed by atoms with E-state index in [1.165, 1.54) is 10.6 Å². The van der Waals surface area contributed by atoms with E-state index in [2.05, 4.69) is 5.32 Å². The van der Waals surface area contributed by atoms with Gasteiger partial charge in [0.15, 0.2) is 0 Å². The number of para-hydroxylation sites is 1. The van der Waals surface area contributed by atoms with Gasteiger partial charge in [-0.15, -0.1) is 0 Å². The molecule has 0 spiro atoms. The van der Waals surface area contributed by atoms with Crippen LogP contribution in [0.2, 0.25) is 0 Å². The Morgan fingerprint density at radius 2 is 1.87 bits per heavy atom. The van der Waals surface area contributed by atoms with Crippen LogP contribution in [0.5, 0.6) is 5.75 Å². The number of carbonyl (C=O) groups is 1. The number of fused-ring (bicyclic) bond motifs is 1. The van der Waals surface area contributed by atoms with Crippen LogP contribution < -0.4 is 14.4 Å². The molecule has 1 N–H and O–H groups in total. The first kappa shape index (κ1) is 23.1. The molecule has 1 aliphatic heterocycles. The van der Waals surface area contributed by atoms with Crippen LogP contribution >= 0.6 is 0 Å². The molecule has 2 aromatic carbocycles. The molecule has 1 unspecified atom stereocenters. The molecule has 0 saturated carbocycles. The van der Waals surface area contributed by atoms with Crippen molar-refractivity contribution in [3.8, 4) is 5.75 Å². The van der Waals surface area contributed by atoms with Gasteiger partial charge >= 0.3 is 0 Å². The molecule has 0 aliphatic carbocycles. The smallest absolute Gasteiger partial charge is 0.232 e. The largest absolute Gasteiger partial charge is 0.487 e. The number of rotatable bonds is 7. The Bertz CT molecular complexity index is 1060. The van der Waals surface area contributed by atoms with Crippen molar-refractivity contribution in [1.82, 2.24) is 5.32 Å². The minimum Gasteiger partial charge on any atom is -0.487 e. The van der Waals surface area contributed by atoms with Crippen LogP contribution in [0.4, 0.5) is 5.69 Å². The molecule has 0 fully saturated rings. The Morgan fingerprint density at radius 1 is 1.16 bits per heavy atom. The fourth-order valence-electron chi connectivity index (χ4n) is 4.05. The van der Waals surface area contributed by atoms with Gasteiger partial charge in [-0.3, -0.25) is 9.10 Å². The molecule has 7 heteroatoms. The van der Waals surface area contributed by atoms with Gasteiger partial charge in [0.25, 0.3) is 0 Å². The summed E-state index contributed by atoms with van der Waals surface area (Å²) in [7, 11) is -3.45.